The molecule has 2 aliphatic heterocycles. The molecule has 114 valence electrons. The number of amides is 1. The zero-order valence-electron chi connectivity index (χ0n) is 12.7. The van der Waals surface area contributed by atoms with Gasteiger partial charge in [-0.25, -0.2) is 9.48 Å². The molecule has 3 heterocycles. The highest BCUT2D eigenvalue weighted by atomic mass is 16.7. The van der Waals surface area contributed by atoms with Gasteiger partial charge in [0.15, 0.2) is 0 Å². The molecule has 0 aromatic carbocycles. The average Bonchev–Trinajstić information content (AvgIpc) is 2.80. The lowest BCUT2D eigenvalue weighted by Gasteiger charge is -2.38. The summed E-state index contributed by atoms with van der Waals surface area (Å²) in [5.41, 5.74) is 0.0121. The third kappa shape index (κ3) is 2.22. The summed E-state index contributed by atoms with van der Waals surface area (Å²) in [5, 5.41) is 13.3. The second-order valence-corrected chi connectivity index (χ2v) is 6.59. The Kier molecular flexibility index (Phi) is 3.07. The van der Waals surface area contributed by atoms with E-state index in [1.165, 1.54) is 4.90 Å². The minimum absolute atomic E-state index is 0.223. The maximum Gasteiger partial charge on any atom is 0.498 e. The van der Waals surface area contributed by atoms with E-state index in [0.717, 1.165) is 11.9 Å². The Bertz CT molecular complexity index is 556. The van der Waals surface area contributed by atoms with Crippen molar-refractivity contribution < 1.29 is 19.2 Å². The highest BCUT2D eigenvalue weighted by molar-refractivity contribution is 6.62. The van der Waals surface area contributed by atoms with Gasteiger partial charge in [0.25, 0.3) is 0 Å². The highest BCUT2D eigenvalue weighted by Crippen LogP contribution is 2.36. The monoisotopic (exact) mass is 293 g/mol. The van der Waals surface area contributed by atoms with Gasteiger partial charge in [0.2, 0.25) is 0 Å². The molecule has 2 fully saturated rings. The Hall–Kier alpha value is -1.54. The summed E-state index contributed by atoms with van der Waals surface area (Å²) in [7, 11) is -0.470. The third-order valence-corrected chi connectivity index (χ3v) is 4.69. The summed E-state index contributed by atoms with van der Waals surface area (Å²) in [5.74, 6) is 0. The van der Waals surface area contributed by atoms with Crippen LogP contribution in [0, 0.1) is 0 Å². The first-order valence-corrected chi connectivity index (χ1v) is 7.10. The van der Waals surface area contributed by atoms with Crippen LogP contribution in [0.5, 0.6) is 0 Å². The van der Waals surface area contributed by atoms with Crippen molar-refractivity contribution in [3.63, 3.8) is 0 Å². The summed E-state index contributed by atoms with van der Waals surface area (Å²) in [6.45, 7) is 8.53. The summed E-state index contributed by atoms with van der Waals surface area (Å²) < 4.78 is 13.6. The van der Waals surface area contributed by atoms with Gasteiger partial charge in [-0.15, -0.1) is 0 Å². The Balaban J connectivity index is 1.76. The standard InChI is InChI=1S/C13H20BN3O4/c1-12(2)13(3,4)21-14(20-12)9-7-15-17(8-9)10-5-6-16(10)11(18)19/h7-8,10H,5-6H2,1-4H3,(H,18,19). The summed E-state index contributed by atoms with van der Waals surface area (Å²) in [6.07, 6.45) is 3.12. The Morgan fingerprint density at radius 2 is 2.00 bits per heavy atom. The van der Waals surface area contributed by atoms with Crippen LogP contribution >= 0.6 is 0 Å². The van der Waals surface area contributed by atoms with Crippen LogP contribution in [0.25, 0.3) is 0 Å². The van der Waals surface area contributed by atoms with Gasteiger partial charge in [0.1, 0.15) is 6.17 Å². The van der Waals surface area contributed by atoms with Crippen molar-refractivity contribution in [1.29, 1.82) is 0 Å². The zero-order chi connectivity index (χ0) is 15.4. The summed E-state index contributed by atoms with van der Waals surface area (Å²) in [6, 6.07) is 0. The molecule has 1 amide bonds. The predicted molar refractivity (Wildman–Crippen MR) is 76.3 cm³/mol. The summed E-state index contributed by atoms with van der Waals surface area (Å²) >= 11 is 0. The Labute approximate surface area is 124 Å². The van der Waals surface area contributed by atoms with E-state index in [1.807, 2.05) is 33.9 Å². The normalized spacial score (nSPS) is 26.8. The smallest absolute Gasteiger partial charge is 0.465 e. The van der Waals surface area contributed by atoms with Gasteiger partial charge in [-0.3, -0.25) is 4.90 Å². The molecule has 1 atom stereocenters. The molecule has 8 heteroatoms. The number of carboxylic acid groups (broad SMARTS) is 1. The van der Waals surface area contributed by atoms with Crippen LogP contribution < -0.4 is 5.46 Å². The van der Waals surface area contributed by atoms with E-state index in [4.69, 9.17) is 14.4 Å². The molecule has 1 aromatic rings. The lowest BCUT2D eigenvalue weighted by Crippen LogP contribution is -2.47. The van der Waals surface area contributed by atoms with Crippen molar-refractivity contribution in [2.45, 2.75) is 51.5 Å². The van der Waals surface area contributed by atoms with Gasteiger partial charge in [-0.1, -0.05) is 0 Å². The van der Waals surface area contributed by atoms with Crippen LogP contribution in [0.4, 0.5) is 4.79 Å². The molecule has 0 saturated carbocycles. The topological polar surface area (TPSA) is 76.8 Å². The first kappa shape index (κ1) is 14.4. The van der Waals surface area contributed by atoms with E-state index in [1.54, 1.807) is 10.9 Å². The van der Waals surface area contributed by atoms with Crippen molar-refractivity contribution in [3.05, 3.63) is 12.4 Å². The third-order valence-electron chi connectivity index (χ3n) is 4.69. The van der Waals surface area contributed by atoms with Crippen LogP contribution in [-0.4, -0.2) is 50.7 Å². The molecule has 7 nitrogen and oxygen atoms in total. The zero-order valence-corrected chi connectivity index (χ0v) is 12.7. The number of carbonyl (C=O) groups is 1. The molecule has 2 saturated heterocycles. The van der Waals surface area contributed by atoms with Gasteiger partial charge in [0.05, 0.1) is 11.2 Å². The first-order valence-electron chi connectivity index (χ1n) is 7.10. The van der Waals surface area contributed by atoms with E-state index < -0.39 is 24.4 Å². The number of hydrogen-bond donors (Lipinski definition) is 1. The fraction of sp³-hybridized carbons (Fsp3) is 0.692. The van der Waals surface area contributed by atoms with Gasteiger partial charge >= 0.3 is 13.2 Å². The molecule has 0 spiro atoms. The minimum Gasteiger partial charge on any atom is -0.465 e. The number of hydrogen-bond acceptors (Lipinski definition) is 4. The lowest BCUT2D eigenvalue weighted by molar-refractivity contribution is 0.00578. The SMILES string of the molecule is CC1(C)OB(c2cnn(C3CCN3C(=O)O)c2)OC1(C)C. The maximum atomic E-state index is 11.0. The highest BCUT2D eigenvalue weighted by Gasteiger charge is 2.52. The molecule has 0 bridgehead atoms. The quantitative estimate of drug-likeness (QED) is 0.825. The van der Waals surface area contributed by atoms with E-state index in [9.17, 15) is 4.79 Å². The predicted octanol–water partition coefficient (Wildman–Crippen LogP) is 1.06. The number of aromatic nitrogens is 2. The van der Waals surface area contributed by atoms with Crippen molar-refractivity contribution in [3.8, 4) is 0 Å². The van der Waals surface area contributed by atoms with Crippen molar-refractivity contribution >= 4 is 18.7 Å². The van der Waals surface area contributed by atoms with Crippen molar-refractivity contribution in [1.82, 2.24) is 14.7 Å². The Morgan fingerprint density at radius 3 is 2.48 bits per heavy atom. The molecular formula is C13H20BN3O4. The average molecular weight is 293 g/mol. The van der Waals surface area contributed by atoms with Gasteiger partial charge in [-0.2, -0.15) is 5.10 Å². The van der Waals surface area contributed by atoms with E-state index in [0.29, 0.717) is 6.54 Å². The number of nitrogens with zero attached hydrogens (tertiary/aromatic N) is 3. The van der Waals surface area contributed by atoms with E-state index in [2.05, 4.69) is 5.10 Å². The van der Waals surface area contributed by atoms with Crippen LogP contribution in [0.2, 0.25) is 0 Å². The van der Waals surface area contributed by atoms with E-state index >= 15 is 0 Å². The fourth-order valence-electron chi connectivity index (χ4n) is 2.49. The molecule has 1 unspecified atom stereocenters. The first-order chi connectivity index (χ1) is 9.71. The molecule has 0 radical (unpaired) electrons. The number of rotatable bonds is 2. The fourth-order valence-corrected chi connectivity index (χ4v) is 2.49. The molecule has 1 aromatic heterocycles. The molecule has 0 aliphatic carbocycles. The van der Waals surface area contributed by atoms with Crippen LogP contribution in [0.1, 0.15) is 40.3 Å². The molecule has 1 N–H and O–H groups in total. The molecule has 2 aliphatic rings. The lowest BCUT2D eigenvalue weighted by atomic mass is 9.82. The maximum absolute atomic E-state index is 11.0. The largest absolute Gasteiger partial charge is 0.498 e. The van der Waals surface area contributed by atoms with Crippen molar-refractivity contribution in [2.75, 3.05) is 6.54 Å². The Morgan fingerprint density at radius 1 is 1.38 bits per heavy atom. The molecule has 3 rings (SSSR count). The van der Waals surface area contributed by atoms with Crippen LogP contribution in [0.3, 0.4) is 0 Å². The second kappa shape index (κ2) is 4.48. The van der Waals surface area contributed by atoms with E-state index in [-0.39, 0.29) is 6.17 Å². The minimum atomic E-state index is -0.918. The van der Waals surface area contributed by atoms with Gasteiger partial charge < -0.3 is 14.4 Å². The van der Waals surface area contributed by atoms with Gasteiger partial charge in [0, 0.05) is 30.8 Å². The van der Waals surface area contributed by atoms with Gasteiger partial charge in [-0.05, 0) is 27.7 Å². The van der Waals surface area contributed by atoms with Crippen molar-refractivity contribution in [2.24, 2.45) is 0 Å². The number of likely N-dealkylation sites (tertiary alicyclic amines) is 1. The summed E-state index contributed by atoms with van der Waals surface area (Å²) in [4.78, 5) is 12.4. The molecule has 21 heavy (non-hydrogen) atoms. The van der Waals surface area contributed by atoms with Crippen LogP contribution in [0.15, 0.2) is 12.4 Å². The second-order valence-electron chi connectivity index (χ2n) is 6.59. The van der Waals surface area contributed by atoms with Crippen LogP contribution in [-0.2, 0) is 9.31 Å². The molecular weight excluding hydrogens is 273 g/mol.